The van der Waals surface area contributed by atoms with Gasteiger partial charge in [-0.2, -0.15) is 0 Å². The number of carboxylic acid groups (broad SMARTS) is 1. The van der Waals surface area contributed by atoms with E-state index >= 15 is 0 Å². The van der Waals surface area contributed by atoms with Gasteiger partial charge < -0.3 is 10.4 Å². The highest BCUT2D eigenvalue weighted by Gasteiger charge is 2.26. The maximum atomic E-state index is 12.0. The number of nitrogens with zero attached hydrogens (tertiary/aromatic N) is 1. The average molecular weight is 301 g/mol. The van der Waals surface area contributed by atoms with Crippen molar-refractivity contribution in [2.24, 2.45) is 0 Å². The predicted molar refractivity (Wildman–Crippen MR) is 71.9 cm³/mol. The summed E-state index contributed by atoms with van der Waals surface area (Å²) < 4.78 is 0. The number of rotatable bonds is 5. The highest BCUT2D eigenvalue weighted by molar-refractivity contribution is 6.34. The Morgan fingerprint density at radius 3 is 2.55 bits per heavy atom. The molecule has 7 nitrogen and oxygen atoms in total. The number of carbonyl (C=O) groups is 2. The Morgan fingerprint density at radius 2 is 2.05 bits per heavy atom. The fourth-order valence-electron chi connectivity index (χ4n) is 1.60. The quantitative estimate of drug-likeness (QED) is 0.640. The third-order valence-corrected chi connectivity index (χ3v) is 2.78. The van der Waals surface area contributed by atoms with E-state index in [0.717, 1.165) is 6.07 Å². The third-order valence-electron chi connectivity index (χ3n) is 2.45. The lowest BCUT2D eigenvalue weighted by atomic mass is 10.00. The number of non-ortho nitro benzene ring substituents is 1. The van der Waals surface area contributed by atoms with Gasteiger partial charge in [0.05, 0.1) is 21.9 Å². The SMILES string of the molecule is CC(C)(CC(=O)O)NC(=O)c1cc([N+](=O)[O-])ccc1Cl. The molecule has 0 bridgehead atoms. The first-order valence-corrected chi connectivity index (χ1v) is 5.98. The van der Waals surface area contributed by atoms with Crippen LogP contribution in [0, 0.1) is 10.1 Å². The number of carboxylic acids is 1. The lowest BCUT2D eigenvalue weighted by Gasteiger charge is -2.24. The predicted octanol–water partition coefficient (Wildman–Crippen LogP) is 2.23. The Labute approximate surface area is 119 Å². The molecule has 0 spiro atoms. The second-order valence-corrected chi connectivity index (χ2v) is 5.24. The number of amides is 1. The van der Waals surface area contributed by atoms with Crippen molar-refractivity contribution in [2.45, 2.75) is 25.8 Å². The summed E-state index contributed by atoms with van der Waals surface area (Å²) in [5, 5.41) is 21.9. The van der Waals surface area contributed by atoms with Crippen LogP contribution in [0.25, 0.3) is 0 Å². The van der Waals surface area contributed by atoms with Gasteiger partial charge in [-0.15, -0.1) is 0 Å². The van der Waals surface area contributed by atoms with Crippen LogP contribution >= 0.6 is 11.6 Å². The van der Waals surface area contributed by atoms with Gasteiger partial charge in [0.2, 0.25) is 0 Å². The van der Waals surface area contributed by atoms with E-state index in [1.165, 1.54) is 26.0 Å². The number of hydrogen-bond acceptors (Lipinski definition) is 4. The third kappa shape index (κ3) is 4.20. The molecule has 1 aromatic rings. The van der Waals surface area contributed by atoms with Crippen molar-refractivity contribution in [1.29, 1.82) is 0 Å². The van der Waals surface area contributed by atoms with E-state index in [4.69, 9.17) is 16.7 Å². The zero-order valence-corrected chi connectivity index (χ0v) is 11.6. The average Bonchev–Trinajstić information content (AvgIpc) is 2.26. The molecule has 1 rings (SSSR count). The molecule has 0 aliphatic heterocycles. The van der Waals surface area contributed by atoms with Gasteiger partial charge >= 0.3 is 5.97 Å². The minimum atomic E-state index is -1.07. The summed E-state index contributed by atoms with van der Waals surface area (Å²) in [7, 11) is 0. The summed E-state index contributed by atoms with van der Waals surface area (Å²) in [6.07, 6.45) is -0.286. The van der Waals surface area contributed by atoms with Gasteiger partial charge in [-0.25, -0.2) is 0 Å². The van der Waals surface area contributed by atoms with Crippen molar-refractivity contribution in [3.05, 3.63) is 38.9 Å². The molecule has 0 unspecified atom stereocenters. The van der Waals surface area contributed by atoms with E-state index in [0.29, 0.717) is 0 Å². The minimum Gasteiger partial charge on any atom is -0.481 e. The van der Waals surface area contributed by atoms with Crippen molar-refractivity contribution < 1.29 is 19.6 Å². The van der Waals surface area contributed by atoms with E-state index in [2.05, 4.69) is 5.32 Å². The first kappa shape index (κ1) is 15.9. The monoisotopic (exact) mass is 300 g/mol. The van der Waals surface area contributed by atoms with Crippen molar-refractivity contribution in [3.8, 4) is 0 Å². The van der Waals surface area contributed by atoms with Gasteiger partial charge in [0, 0.05) is 17.7 Å². The summed E-state index contributed by atoms with van der Waals surface area (Å²) in [6.45, 7) is 3.06. The largest absolute Gasteiger partial charge is 0.481 e. The summed E-state index contributed by atoms with van der Waals surface area (Å²) in [4.78, 5) is 32.7. The fourth-order valence-corrected chi connectivity index (χ4v) is 1.80. The molecule has 20 heavy (non-hydrogen) atoms. The van der Waals surface area contributed by atoms with Crippen LogP contribution in [0.2, 0.25) is 5.02 Å². The Bertz CT molecular complexity index is 571. The smallest absolute Gasteiger partial charge is 0.305 e. The van der Waals surface area contributed by atoms with Crippen LogP contribution in [0.4, 0.5) is 5.69 Å². The van der Waals surface area contributed by atoms with Crippen molar-refractivity contribution in [3.63, 3.8) is 0 Å². The maximum Gasteiger partial charge on any atom is 0.305 e. The molecule has 0 aliphatic carbocycles. The Hall–Kier alpha value is -2.15. The normalized spacial score (nSPS) is 10.9. The number of nitro benzene ring substituents is 1. The zero-order chi connectivity index (χ0) is 15.5. The Morgan fingerprint density at radius 1 is 1.45 bits per heavy atom. The van der Waals surface area contributed by atoms with E-state index in [1.54, 1.807) is 0 Å². The van der Waals surface area contributed by atoms with Gasteiger partial charge in [0.25, 0.3) is 11.6 Å². The second kappa shape index (κ2) is 5.87. The number of benzene rings is 1. The van der Waals surface area contributed by atoms with E-state index < -0.39 is 22.3 Å². The Kier molecular flexibility index (Phi) is 4.67. The maximum absolute atomic E-state index is 12.0. The van der Waals surface area contributed by atoms with Crippen molar-refractivity contribution in [1.82, 2.24) is 5.32 Å². The molecule has 0 saturated heterocycles. The lowest BCUT2D eigenvalue weighted by Crippen LogP contribution is -2.45. The van der Waals surface area contributed by atoms with Gasteiger partial charge in [-0.05, 0) is 19.9 Å². The molecule has 0 radical (unpaired) electrons. The molecule has 1 amide bonds. The first-order valence-electron chi connectivity index (χ1n) is 5.60. The molecule has 1 aromatic carbocycles. The van der Waals surface area contributed by atoms with Crippen molar-refractivity contribution in [2.75, 3.05) is 0 Å². The molecule has 0 saturated carbocycles. The van der Waals surface area contributed by atoms with E-state index in [9.17, 15) is 19.7 Å². The molecule has 2 N–H and O–H groups in total. The topological polar surface area (TPSA) is 110 Å². The zero-order valence-electron chi connectivity index (χ0n) is 10.8. The van der Waals surface area contributed by atoms with Crippen LogP contribution in [0.3, 0.4) is 0 Å². The van der Waals surface area contributed by atoms with Gasteiger partial charge in [0.15, 0.2) is 0 Å². The standard InChI is InChI=1S/C12H13ClN2O5/c1-12(2,6-10(16)17)14-11(18)8-5-7(15(19)20)3-4-9(8)13/h3-5H,6H2,1-2H3,(H,14,18)(H,16,17). The number of nitrogens with one attached hydrogen (secondary N) is 1. The summed E-state index contributed by atoms with van der Waals surface area (Å²) in [5.41, 5.74) is -1.34. The van der Waals surface area contributed by atoms with Crippen LogP contribution in [0.1, 0.15) is 30.6 Å². The van der Waals surface area contributed by atoms with E-state index in [-0.39, 0.29) is 22.7 Å². The summed E-state index contributed by atoms with van der Waals surface area (Å²) >= 11 is 5.83. The van der Waals surface area contributed by atoms with Crippen LogP contribution in [-0.4, -0.2) is 27.4 Å². The summed E-state index contributed by atoms with van der Waals surface area (Å²) in [5.74, 6) is -1.73. The molecule has 0 aromatic heterocycles. The molecular weight excluding hydrogens is 288 g/mol. The summed E-state index contributed by atoms with van der Waals surface area (Å²) in [6, 6.07) is 3.48. The van der Waals surface area contributed by atoms with Crippen LogP contribution < -0.4 is 5.32 Å². The molecular formula is C12H13ClN2O5. The van der Waals surface area contributed by atoms with E-state index in [1.807, 2.05) is 0 Å². The van der Waals surface area contributed by atoms with Gasteiger partial charge in [-0.1, -0.05) is 11.6 Å². The molecule has 0 atom stereocenters. The second-order valence-electron chi connectivity index (χ2n) is 4.83. The molecule has 108 valence electrons. The number of carbonyl (C=O) groups excluding carboxylic acids is 1. The fraction of sp³-hybridized carbons (Fsp3) is 0.333. The highest BCUT2D eigenvalue weighted by atomic mass is 35.5. The number of nitro groups is 1. The van der Waals surface area contributed by atoms with Gasteiger partial charge in [-0.3, -0.25) is 19.7 Å². The Balaban J connectivity index is 3.00. The van der Waals surface area contributed by atoms with Crippen LogP contribution in [0.5, 0.6) is 0 Å². The molecule has 0 fully saturated rings. The highest BCUT2D eigenvalue weighted by Crippen LogP contribution is 2.23. The van der Waals surface area contributed by atoms with Crippen LogP contribution in [0.15, 0.2) is 18.2 Å². The number of halogens is 1. The minimum absolute atomic E-state index is 0.0548. The van der Waals surface area contributed by atoms with Gasteiger partial charge in [0.1, 0.15) is 0 Å². The number of hydrogen-bond donors (Lipinski definition) is 2. The first-order chi connectivity index (χ1) is 9.12. The molecule has 0 aliphatic rings. The molecule has 8 heteroatoms. The lowest BCUT2D eigenvalue weighted by molar-refractivity contribution is -0.384. The molecule has 0 heterocycles. The van der Waals surface area contributed by atoms with Crippen LogP contribution in [-0.2, 0) is 4.79 Å². The van der Waals surface area contributed by atoms with Crippen molar-refractivity contribution >= 4 is 29.2 Å². The number of aliphatic carboxylic acids is 1.